The van der Waals surface area contributed by atoms with Crippen LogP contribution >= 0.6 is 23.2 Å². The Kier molecular flexibility index (Phi) is 7.70. The molecule has 1 N–H and O–H groups in total. The summed E-state index contributed by atoms with van der Waals surface area (Å²) in [6.45, 7) is 3.48. The molecule has 0 saturated carbocycles. The number of nitrogens with one attached hydrogen (secondary N) is 1. The highest BCUT2D eigenvalue weighted by Crippen LogP contribution is 2.40. The summed E-state index contributed by atoms with van der Waals surface area (Å²) in [5.74, 6) is -1.38. The van der Waals surface area contributed by atoms with E-state index in [1.165, 1.54) is 26.4 Å². The fraction of sp³-hybridized carbons (Fsp3) is 0.300. The number of hydrogen-bond acceptors (Lipinski definition) is 5. The molecule has 0 heterocycles. The Labute approximate surface area is 177 Å². The Morgan fingerprint density at radius 2 is 1.69 bits per heavy atom. The third-order valence-corrected chi connectivity index (χ3v) is 4.53. The second kappa shape index (κ2) is 9.80. The van der Waals surface area contributed by atoms with Crippen molar-refractivity contribution in [3.05, 3.63) is 51.3 Å². The van der Waals surface area contributed by atoms with Crippen molar-refractivity contribution in [2.75, 3.05) is 20.8 Å². The lowest BCUT2D eigenvalue weighted by atomic mass is 10.0. The third kappa shape index (κ3) is 5.52. The van der Waals surface area contributed by atoms with Crippen LogP contribution in [0.25, 0.3) is 0 Å². The van der Waals surface area contributed by atoms with Crippen molar-refractivity contribution in [2.45, 2.75) is 19.8 Å². The molecule has 0 aliphatic rings. The Balaban J connectivity index is 2.31. The van der Waals surface area contributed by atoms with Gasteiger partial charge < -0.3 is 19.5 Å². The van der Waals surface area contributed by atoms with Gasteiger partial charge in [0.1, 0.15) is 12.3 Å². The molecular weight excluding hydrogens is 424 g/mol. The van der Waals surface area contributed by atoms with Gasteiger partial charge in [-0.3, -0.25) is 9.59 Å². The average Bonchev–Trinajstić information content (AvgIpc) is 2.67. The predicted octanol–water partition coefficient (Wildman–Crippen LogP) is 4.96. The number of benzene rings is 2. The summed E-state index contributed by atoms with van der Waals surface area (Å²) < 4.78 is 29.6. The highest BCUT2D eigenvalue weighted by molar-refractivity contribution is 6.37. The van der Waals surface area contributed by atoms with Crippen LogP contribution in [0.15, 0.2) is 24.3 Å². The summed E-state index contributed by atoms with van der Waals surface area (Å²) in [7, 11) is 2.60. The number of methoxy groups -OCH3 is 2. The largest absolute Gasteiger partial charge is 0.493 e. The van der Waals surface area contributed by atoms with Crippen molar-refractivity contribution in [3.8, 4) is 17.2 Å². The second-order valence-electron chi connectivity index (χ2n) is 6.31. The number of carbonyl (C=O) groups excluding carboxylic acids is 2. The molecule has 2 aromatic carbocycles. The van der Waals surface area contributed by atoms with Gasteiger partial charge in [0.2, 0.25) is 0 Å². The smallest absolute Gasteiger partial charge is 0.325 e. The minimum atomic E-state index is -0.599. The maximum atomic E-state index is 14.4. The number of ether oxygens (including phenoxy) is 3. The van der Waals surface area contributed by atoms with E-state index in [1.54, 1.807) is 6.07 Å². The van der Waals surface area contributed by atoms with Crippen LogP contribution in [0.1, 0.15) is 35.7 Å². The minimum absolute atomic E-state index is 0.0187. The van der Waals surface area contributed by atoms with E-state index in [2.05, 4.69) is 10.1 Å². The molecule has 0 aliphatic heterocycles. The summed E-state index contributed by atoms with van der Waals surface area (Å²) in [6.07, 6.45) is 0. The normalized spacial score (nSPS) is 10.6. The van der Waals surface area contributed by atoms with Gasteiger partial charge in [0.25, 0.3) is 5.91 Å². The fourth-order valence-electron chi connectivity index (χ4n) is 2.52. The van der Waals surface area contributed by atoms with Crippen molar-refractivity contribution in [3.63, 3.8) is 0 Å². The molecule has 9 heteroatoms. The number of hydrogen-bond donors (Lipinski definition) is 1. The van der Waals surface area contributed by atoms with Gasteiger partial charge in [0.05, 0.1) is 24.3 Å². The topological polar surface area (TPSA) is 73.9 Å². The predicted molar refractivity (Wildman–Crippen MR) is 108 cm³/mol. The van der Waals surface area contributed by atoms with Gasteiger partial charge in [-0.05, 0) is 24.1 Å². The second-order valence-corrected chi connectivity index (χ2v) is 7.13. The van der Waals surface area contributed by atoms with Crippen molar-refractivity contribution in [1.29, 1.82) is 0 Å². The molecule has 0 aromatic heterocycles. The van der Waals surface area contributed by atoms with Crippen LogP contribution < -0.4 is 14.8 Å². The highest BCUT2D eigenvalue weighted by atomic mass is 35.5. The van der Waals surface area contributed by atoms with Crippen molar-refractivity contribution >= 4 is 35.1 Å². The van der Waals surface area contributed by atoms with Crippen LogP contribution in [0.4, 0.5) is 4.39 Å². The van der Waals surface area contributed by atoms with Gasteiger partial charge in [0.15, 0.2) is 17.3 Å². The van der Waals surface area contributed by atoms with Crippen LogP contribution in [-0.4, -0.2) is 32.6 Å². The molecule has 2 rings (SSSR count). The SMILES string of the molecule is COC(=O)CNC(=O)c1cc(Cl)c(Oc2cc(F)c(OC)c(C(C)C)c2)c(Cl)c1. The summed E-state index contributed by atoms with van der Waals surface area (Å²) in [4.78, 5) is 23.3. The van der Waals surface area contributed by atoms with Crippen LogP contribution in [0.3, 0.4) is 0 Å². The molecule has 1 amide bonds. The lowest BCUT2D eigenvalue weighted by Crippen LogP contribution is -2.30. The summed E-state index contributed by atoms with van der Waals surface area (Å²) in [5, 5.41) is 2.47. The monoisotopic (exact) mass is 443 g/mol. The van der Waals surface area contributed by atoms with Crippen molar-refractivity contribution < 1.29 is 28.2 Å². The lowest BCUT2D eigenvalue weighted by molar-refractivity contribution is -0.139. The first-order chi connectivity index (χ1) is 13.7. The number of carbonyl (C=O) groups is 2. The number of halogens is 3. The molecule has 29 heavy (non-hydrogen) atoms. The van der Waals surface area contributed by atoms with Crippen molar-refractivity contribution in [1.82, 2.24) is 5.32 Å². The quantitative estimate of drug-likeness (QED) is 0.612. The maximum absolute atomic E-state index is 14.4. The highest BCUT2D eigenvalue weighted by Gasteiger charge is 2.19. The van der Waals surface area contributed by atoms with E-state index < -0.39 is 17.7 Å². The first-order valence-corrected chi connectivity index (χ1v) is 9.32. The van der Waals surface area contributed by atoms with Gasteiger partial charge in [-0.2, -0.15) is 0 Å². The molecule has 0 aliphatic carbocycles. The zero-order valence-corrected chi connectivity index (χ0v) is 17.8. The maximum Gasteiger partial charge on any atom is 0.325 e. The van der Waals surface area contributed by atoms with E-state index in [1.807, 2.05) is 13.8 Å². The molecule has 0 atom stereocenters. The molecular formula is C20H20Cl2FNO5. The summed E-state index contributed by atoms with van der Waals surface area (Å²) in [5.41, 5.74) is 0.744. The molecule has 0 spiro atoms. The summed E-state index contributed by atoms with van der Waals surface area (Å²) >= 11 is 12.4. The lowest BCUT2D eigenvalue weighted by Gasteiger charge is -2.16. The third-order valence-electron chi connectivity index (χ3n) is 3.97. The number of rotatable bonds is 7. The number of esters is 1. The van der Waals surface area contributed by atoms with Gasteiger partial charge in [0, 0.05) is 17.2 Å². The van der Waals surface area contributed by atoms with E-state index >= 15 is 0 Å². The standard InChI is InChI=1S/C20H20Cl2FNO5/c1-10(2)13-7-12(8-16(23)18(13)28-4)29-19-14(21)5-11(6-15(19)22)20(26)24-9-17(25)27-3/h5-8,10H,9H2,1-4H3,(H,24,26). The molecule has 0 radical (unpaired) electrons. The molecule has 156 valence electrons. The van der Waals surface area contributed by atoms with E-state index in [-0.39, 0.29) is 45.3 Å². The Bertz CT molecular complexity index is 910. The van der Waals surface area contributed by atoms with E-state index in [4.69, 9.17) is 32.7 Å². The van der Waals surface area contributed by atoms with Crippen LogP contribution in [-0.2, 0) is 9.53 Å². The average molecular weight is 444 g/mol. The van der Waals surface area contributed by atoms with Crippen LogP contribution in [0.5, 0.6) is 17.2 Å². The molecule has 0 unspecified atom stereocenters. The van der Waals surface area contributed by atoms with Gasteiger partial charge >= 0.3 is 5.97 Å². The first-order valence-electron chi connectivity index (χ1n) is 8.57. The Morgan fingerprint density at radius 1 is 1.07 bits per heavy atom. The Morgan fingerprint density at radius 3 is 2.21 bits per heavy atom. The molecule has 0 fully saturated rings. The molecule has 6 nitrogen and oxygen atoms in total. The van der Waals surface area contributed by atoms with Gasteiger partial charge in [-0.1, -0.05) is 37.0 Å². The fourth-order valence-corrected chi connectivity index (χ4v) is 3.09. The zero-order valence-electron chi connectivity index (χ0n) is 16.3. The first kappa shape index (κ1) is 22.8. The Hall–Kier alpha value is -2.51. The minimum Gasteiger partial charge on any atom is -0.493 e. The molecule has 0 bridgehead atoms. The van der Waals surface area contributed by atoms with Crippen LogP contribution in [0.2, 0.25) is 10.0 Å². The number of amides is 1. The summed E-state index contributed by atoms with van der Waals surface area (Å²) in [6, 6.07) is 5.46. The van der Waals surface area contributed by atoms with Gasteiger partial charge in [-0.25, -0.2) is 4.39 Å². The van der Waals surface area contributed by atoms with E-state index in [0.717, 1.165) is 6.07 Å². The van der Waals surface area contributed by atoms with E-state index in [9.17, 15) is 14.0 Å². The zero-order chi connectivity index (χ0) is 21.7. The van der Waals surface area contributed by atoms with E-state index in [0.29, 0.717) is 5.56 Å². The van der Waals surface area contributed by atoms with Crippen molar-refractivity contribution in [2.24, 2.45) is 0 Å². The molecule has 0 saturated heterocycles. The van der Waals surface area contributed by atoms with Gasteiger partial charge in [-0.15, -0.1) is 0 Å². The van der Waals surface area contributed by atoms with Crippen LogP contribution in [0, 0.1) is 5.82 Å². The molecule has 2 aromatic rings.